The minimum Gasteiger partial charge on any atom is -0.481 e. The lowest BCUT2D eigenvalue weighted by Gasteiger charge is -2.25. The maximum absolute atomic E-state index is 12.5. The molecule has 5 unspecified atom stereocenters. The molecule has 14 nitrogen and oxygen atoms in total. The second kappa shape index (κ2) is 12.3. The van der Waals surface area contributed by atoms with Gasteiger partial charge in [0.25, 0.3) is 0 Å². The molecule has 10 N–H and O–H groups in total. The van der Waals surface area contributed by atoms with E-state index >= 15 is 0 Å². The van der Waals surface area contributed by atoms with Crippen LogP contribution in [0.4, 0.5) is 0 Å². The van der Waals surface area contributed by atoms with E-state index in [1.54, 1.807) is 0 Å². The summed E-state index contributed by atoms with van der Waals surface area (Å²) in [6.07, 6.45) is -2.77. The van der Waals surface area contributed by atoms with Gasteiger partial charge in [-0.25, -0.2) is 0 Å². The Hall–Kier alpha value is -3.26. The van der Waals surface area contributed by atoms with E-state index in [-0.39, 0.29) is 6.42 Å². The smallest absolute Gasteiger partial charge is 0.325 e. The van der Waals surface area contributed by atoms with Crippen LogP contribution in [0.2, 0.25) is 0 Å². The molecule has 0 fully saturated rings. The molecule has 5 atom stereocenters. The van der Waals surface area contributed by atoms with Crippen molar-refractivity contribution in [2.24, 2.45) is 11.5 Å². The maximum Gasteiger partial charge on any atom is 0.325 e. The number of nitrogens with two attached hydrogens (primary N) is 2. The number of primary amides is 1. The number of hydrogen-bond acceptors (Lipinski definition) is 8. The van der Waals surface area contributed by atoms with Gasteiger partial charge < -0.3 is 42.7 Å². The van der Waals surface area contributed by atoms with Crippen LogP contribution >= 0.6 is 0 Å². The van der Waals surface area contributed by atoms with Crippen LogP contribution < -0.4 is 27.4 Å². The lowest BCUT2D eigenvalue weighted by molar-refractivity contribution is -0.142. The summed E-state index contributed by atoms with van der Waals surface area (Å²) >= 11 is 0. The second-order valence-electron chi connectivity index (χ2n) is 6.57. The van der Waals surface area contributed by atoms with Crippen molar-refractivity contribution in [3.8, 4) is 0 Å². The Morgan fingerprint density at radius 1 is 0.900 bits per heavy atom. The van der Waals surface area contributed by atoms with E-state index in [1.807, 2.05) is 0 Å². The fraction of sp³-hybridized carbons (Fsp3) is 0.625. The number of aliphatic hydroxyl groups excluding tert-OH is 1. The van der Waals surface area contributed by atoms with Crippen molar-refractivity contribution in [1.82, 2.24) is 16.0 Å². The molecule has 0 saturated heterocycles. The lowest BCUT2D eigenvalue weighted by atomic mass is 10.1. The van der Waals surface area contributed by atoms with Crippen LogP contribution in [0.25, 0.3) is 0 Å². The average molecular weight is 433 g/mol. The van der Waals surface area contributed by atoms with Crippen molar-refractivity contribution in [3.05, 3.63) is 0 Å². The number of carboxylic acid groups (broad SMARTS) is 2. The van der Waals surface area contributed by atoms with Gasteiger partial charge in [-0.3, -0.25) is 28.8 Å². The van der Waals surface area contributed by atoms with Gasteiger partial charge in [-0.05, 0) is 20.3 Å². The predicted molar refractivity (Wildman–Crippen MR) is 99.4 cm³/mol. The van der Waals surface area contributed by atoms with E-state index in [4.69, 9.17) is 21.7 Å². The van der Waals surface area contributed by atoms with Crippen molar-refractivity contribution < 1.29 is 44.1 Å². The summed E-state index contributed by atoms with van der Waals surface area (Å²) in [4.78, 5) is 69.3. The van der Waals surface area contributed by atoms with Crippen molar-refractivity contribution >= 4 is 35.6 Å². The largest absolute Gasteiger partial charge is 0.481 e. The zero-order chi connectivity index (χ0) is 23.6. The normalized spacial score (nSPS) is 15.6. The molecule has 0 aromatic rings. The highest BCUT2D eigenvalue weighted by atomic mass is 16.4. The molecular weight excluding hydrogens is 406 g/mol. The number of aliphatic carboxylic acids is 2. The number of amides is 4. The standard InChI is InChI=1S/C16H27N5O9/c1-6(16(29)30)19-14(27)9(5-10(18)23)20-15(28)12(7(2)22)21-13(26)8(17)3-4-11(24)25/h6-9,12,22H,3-5,17H2,1-2H3,(H2,18,23)(H,19,27)(H,20,28)(H,21,26)(H,24,25)(H,29,30). The molecule has 0 aliphatic carbocycles. The molecule has 0 bridgehead atoms. The van der Waals surface area contributed by atoms with E-state index in [0.717, 1.165) is 13.8 Å². The van der Waals surface area contributed by atoms with Crippen LogP contribution in [0.1, 0.15) is 33.1 Å². The third-order valence-corrected chi connectivity index (χ3v) is 3.84. The Morgan fingerprint density at radius 3 is 1.90 bits per heavy atom. The first-order valence-electron chi connectivity index (χ1n) is 8.83. The highest BCUT2D eigenvalue weighted by Gasteiger charge is 2.32. The Labute approximate surface area is 171 Å². The fourth-order valence-corrected chi connectivity index (χ4v) is 2.12. The molecule has 0 aromatic heterocycles. The van der Waals surface area contributed by atoms with E-state index in [2.05, 4.69) is 16.0 Å². The molecule has 0 rings (SSSR count). The Balaban J connectivity index is 5.26. The summed E-state index contributed by atoms with van der Waals surface area (Å²) in [6.45, 7) is 2.31. The average Bonchev–Trinajstić information content (AvgIpc) is 2.62. The fourth-order valence-electron chi connectivity index (χ4n) is 2.12. The molecular formula is C16H27N5O9. The first kappa shape index (κ1) is 26.7. The van der Waals surface area contributed by atoms with Crippen molar-refractivity contribution in [2.75, 3.05) is 0 Å². The van der Waals surface area contributed by atoms with E-state index in [9.17, 15) is 33.9 Å². The van der Waals surface area contributed by atoms with Crippen LogP contribution in [0.5, 0.6) is 0 Å². The van der Waals surface area contributed by atoms with Crippen LogP contribution in [0, 0.1) is 0 Å². The monoisotopic (exact) mass is 433 g/mol. The van der Waals surface area contributed by atoms with E-state index in [0.29, 0.717) is 0 Å². The number of carboxylic acids is 2. The Kier molecular flexibility index (Phi) is 11.0. The van der Waals surface area contributed by atoms with Gasteiger partial charge in [-0.2, -0.15) is 0 Å². The minimum atomic E-state index is -1.60. The Bertz CT molecular complexity index is 682. The number of rotatable bonds is 13. The topological polar surface area (TPSA) is 251 Å². The predicted octanol–water partition coefficient (Wildman–Crippen LogP) is -4.01. The van der Waals surface area contributed by atoms with E-state index in [1.165, 1.54) is 0 Å². The van der Waals surface area contributed by atoms with Gasteiger partial charge in [0.2, 0.25) is 23.6 Å². The highest BCUT2D eigenvalue weighted by Crippen LogP contribution is 2.01. The lowest BCUT2D eigenvalue weighted by Crippen LogP contribution is -2.60. The summed E-state index contributed by atoms with van der Waals surface area (Å²) in [5.41, 5.74) is 10.6. The van der Waals surface area contributed by atoms with Gasteiger partial charge in [0.05, 0.1) is 18.6 Å². The van der Waals surface area contributed by atoms with Gasteiger partial charge in [-0.1, -0.05) is 0 Å². The van der Waals surface area contributed by atoms with Crippen LogP contribution in [-0.2, 0) is 28.8 Å². The van der Waals surface area contributed by atoms with Gasteiger partial charge >= 0.3 is 11.9 Å². The molecule has 0 heterocycles. The molecule has 0 aromatic carbocycles. The molecule has 0 spiro atoms. The van der Waals surface area contributed by atoms with E-state index < -0.39 is 78.7 Å². The SMILES string of the molecule is CC(NC(=O)C(CC(N)=O)NC(=O)C(NC(=O)C(N)CCC(=O)O)C(C)O)C(=O)O. The summed E-state index contributed by atoms with van der Waals surface area (Å²) in [6, 6.07) is -5.79. The zero-order valence-electron chi connectivity index (χ0n) is 16.5. The number of nitrogens with one attached hydrogen (secondary N) is 3. The van der Waals surface area contributed by atoms with Crippen molar-refractivity contribution in [3.63, 3.8) is 0 Å². The molecule has 0 saturated carbocycles. The second-order valence-corrected chi connectivity index (χ2v) is 6.57. The number of carbonyl (C=O) groups excluding carboxylic acids is 4. The van der Waals surface area contributed by atoms with Crippen LogP contribution in [0.3, 0.4) is 0 Å². The first-order chi connectivity index (χ1) is 13.8. The summed E-state index contributed by atoms with van der Waals surface area (Å²) < 4.78 is 0. The molecule has 4 amide bonds. The van der Waals surface area contributed by atoms with Crippen molar-refractivity contribution in [2.45, 2.75) is 63.4 Å². The molecule has 30 heavy (non-hydrogen) atoms. The summed E-state index contributed by atoms with van der Waals surface area (Å²) in [5, 5.41) is 33.6. The number of carbonyl (C=O) groups is 6. The third kappa shape index (κ3) is 9.79. The molecule has 14 heteroatoms. The quantitative estimate of drug-likeness (QED) is 0.140. The molecule has 0 aliphatic rings. The number of hydrogen-bond donors (Lipinski definition) is 8. The summed E-state index contributed by atoms with van der Waals surface area (Å²) in [7, 11) is 0. The van der Waals surface area contributed by atoms with Crippen molar-refractivity contribution in [1.29, 1.82) is 0 Å². The molecule has 170 valence electrons. The van der Waals surface area contributed by atoms with Gasteiger partial charge in [0, 0.05) is 6.42 Å². The molecule has 0 radical (unpaired) electrons. The first-order valence-corrected chi connectivity index (χ1v) is 8.83. The van der Waals surface area contributed by atoms with Gasteiger partial charge in [0.15, 0.2) is 0 Å². The van der Waals surface area contributed by atoms with Gasteiger partial charge in [0.1, 0.15) is 18.1 Å². The minimum absolute atomic E-state index is 0.227. The number of aliphatic hydroxyl groups is 1. The summed E-state index contributed by atoms with van der Waals surface area (Å²) in [5.74, 6) is -6.55. The van der Waals surface area contributed by atoms with Crippen LogP contribution in [0.15, 0.2) is 0 Å². The third-order valence-electron chi connectivity index (χ3n) is 3.84. The van der Waals surface area contributed by atoms with Crippen LogP contribution in [-0.4, -0.2) is 81.2 Å². The Morgan fingerprint density at radius 2 is 1.47 bits per heavy atom. The highest BCUT2D eigenvalue weighted by molar-refractivity contribution is 5.96. The van der Waals surface area contributed by atoms with Gasteiger partial charge in [-0.15, -0.1) is 0 Å². The molecule has 0 aliphatic heterocycles. The maximum atomic E-state index is 12.5. The zero-order valence-corrected chi connectivity index (χ0v) is 16.5.